The highest BCUT2D eigenvalue weighted by molar-refractivity contribution is 5.94. The Morgan fingerprint density at radius 3 is 3.17 bits per heavy atom. The second-order valence-corrected chi connectivity index (χ2v) is 5.30. The van der Waals surface area contributed by atoms with E-state index in [1.165, 1.54) is 6.42 Å². The van der Waals surface area contributed by atoms with E-state index in [1.807, 2.05) is 4.90 Å². The molecule has 5 heteroatoms. The molecule has 0 aromatic carbocycles. The predicted octanol–water partition coefficient (Wildman–Crippen LogP) is 1.07. The minimum atomic E-state index is 0.100. The van der Waals surface area contributed by atoms with E-state index in [0.717, 1.165) is 50.2 Å². The van der Waals surface area contributed by atoms with E-state index in [0.29, 0.717) is 11.7 Å². The molecule has 1 aromatic rings. The topological polar surface area (TPSA) is 61.0 Å². The molecule has 0 bridgehead atoms. The van der Waals surface area contributed by atoms with Crippen LogP contribution in [0.25, 0.3) is 0 Å². The molecule has 1 amide bonds. The third-order valence-electron chi connectivity index (χ3n) is 4.07. The Morgan fingerprint density at radius 1 is 1.44 bits per heavy atom. The Balaban J connectivity index is 1.85. The van der Waals surface area contributed by atoms with Gasteiger partial charge in [-0.2, -0.15) is 5.10 Å². The molecule has 98 valence electrons. The fourth-order valence-corrected chi connectivity index (χ4v) is 2.94. The molecule has 1 fully saturated rings. The highest BCUT2D eigenvalue weighted by atomic mass is 16.2. The van der Waals surface area contributed by atoms with Crippen molar-refractivity contribution in [1.29, 1.82) is 0 Å². The van der Waals surface area contributed by atoms with E-state index in [1.54, 1.807) is 0 Å². The van der Waals surface area contributed by atoms with Gasteiger partial charge in [-0.25, -0.2) is 0 Å². The first-order valence-electron chi connectivity index (χ1n) is 6.85. The molecule has 18 heavy (non-hydrogen) atoms. The number of piperidine rings is 1. The van der Waals surface area contributed by atoms with Crippen LogP contribution in [-0.4, -0.2) is 40.1 Å². The molecule has 0 radical (unpaired) electrons. The second-order valence-electron chi connectivity index (χ2n) is 5.30. The molecule has 1 atom stereocenters. The van der Waals surface area contributed by atoms with Crippen molar-refractivity contribution in [2.45, 2.75) is 45.2 Å². The standard InChI is InChI=1S/C13H20N4O/c1-9-4-2-3-7-17(9)13(18)12-10-8-14-6-5-11(10)15-16-12/h9,14H,2-8H2,1H3,(H,15,16). The molecule has 5 nitrogen and oxygen atoms in total. The number of carbonyl (C=O) groups is 1. The maximum Gasteiger partial charge on any atom is 0.274 e. The summed E-state index contributed by atoms with van der Waals surface area (Å²) in [7, 11) is 0. The molecule has 0 spiro atoms. The highest BCUT2D eigenvalue weighted by Gasteiger charge is 2.29. The summed E-state index contributed by atoms with van der Waals surface area (Å²) < 4.78 is 0. The lowest BCUT2D eigenvalue weighted by Gasteiger charge is -2.33. The van der Waals surface area contributed by atoms with Gasteiger partial charge in [-0.15, -0.1) is 0 Å². The van der Waals surface area contributed by atoms with E-state index in [-0.39, 0.29) is 5.91 Å². The van der Waals surface area contributed by atoms with Gasteiger partial charge >= 0.3 is 0 Å². The molecule has 3 rings (SSSR count). The van der Waals surface area contributed by atoms with Gasteiger partial charge in [0.2, 0.25) is 0 Å². The van der Waals surface area contributed by atoms with Gasteiger partial charge < -0.3 is 10.2 Å². The number of fused-ring (bicyclic) bond motifs is 1. The largest absolute Gasteiger partial charge is 0.335 e. The number of rotatable bonds is 1. The summed E-state index contributed by atoms with van der Waals surface area (Å²) in [5.41, 5.74) is 2.83. The number of nitrogens with one attached hydrogen (secondary N) is 2. The molecule has 3 heterocycles. The number of H-pyrrole nitrogens is 1. The van der Waals surface area contributed by atoms with Gasteiger partial charge in [-0.1, -0.05) is 0 Å². The van der Waals surface area contributed by atoms with E-state index in [9.17, 15) is 4.79 Å². The molecule has 2 N–H and O–H groups in total. The number of hydrogen-bond donors (Lipinski definition) is 2. The zero-order valence-electron chi connectivity index (χ0n) is 10.8. The molecule has 1 saturated heterocycles. The fraction of sp³-hybridized carbons (Fsp3) is 0.692. The van der Waals surface area contributed by atoms with Crippen LogP contribution >= 0.6 is 0 Å². The van der Waals surface area contributed by atoms with Crippen LogP contribution in [0.15, 0.2) is 0 Å². The fourth-order valence-electron chi connectivity index (χ4n) is 2.94. The Bertz CT molecular complexity index is 454. The summed E-state index contributed by atoms with van der Waals surface area (Å²) in [5.74, 6) is 0.100. The Hall–Kier alpha value is -1.36. The highest BCUT2D eigenvalue weighted by Crippen LogP contribution is 2.22. The third kappa shape index (κ3) is 1.92. The van der Waals surface area contributed by atoms with Crippen molar-refractivity contribution in [1.82, 2.24) is 20.4 Å². The Labute approximate surface area is 107 Å². The van der Waals surface area contributed by atoms with Crippen molar-refractivity contribution >= 4 is 5.91 Å². The van der Waals surface area contributed by atoms with Crippen molar-refractivity contribution in [2.24, 2.45) is 0 Å². The zero-order valence-corrected chi connectivity index (χ0v) is 10.8. The van der Waals surface area contributed by atoms with Gasteiger partial charge in [-0.05, 0) is 26.2 Å². The van der Waals surface area contributed by atoms with Crippen molar-refractivity contribution in [3.05, 3.63) is 17.0 Å². The monoisotopic (exact) mass is 248 g/mol. The second kappa shape index (κ2) is 4.72. The van der Waals surface area contributed by atoms with Crippen molar-refractivity contribution in [2.75, 3.05) is 13.1 Å². The summed E-state index contributed by atoms with van der Waals surface area (Å²) in [6.07, 6.45) is 4.38. The average Bonchev–Trinajstić information content (AvgIpc) is 2.82. The van der Waals surface area contributed by atoms with E-state index >= 15 is 0 Å². The molecular formula is C13H20N4O. The van der Waals surface area contributed by atoms with Crippen LogP contribution in [0.5, 0.6) is 0 Å². The summed E-state index contributed by atoms with van der Waals surface area (Å²) in [5, 5.41) is 10.6. The molecule has 2 aliphatic heterocycles. The quantitative estimate of drug-likeness (QED) is 0.781. The summed E-state index contributed by atoms with van der Waals surface area (Å²) in [6, 6.07) is 0.343. The number of nitrogens with zero attached hydrogens (tertiary/aromatic N) is 2. The predicted molar refractivity (Wildman–Crippen MR) is 68.3 cm³/mol. The van der Waals surface area contributed by atoms with Crippen molar-refractivity contribution in [3.63, 3.8) is 0 Å². The van der Waals surface area contributed by atoms with Crippen LogP contribution in [0.3, 0.4) is 0 Å². The van der Waals surface area contributed by atoms with Crippen LogP contribution in [0.2, 0.25) is 0 Å². The van der Waals surface area contributed by atoms with Gasteiger partial charge in [-0.3, -0.25) is 9.89 Å². The lowest BCUT2D eigenvalue weighted by molar-refractivity contribution is 0.0628. The lowest BCUT2D eigenvalue weighted by Crippen LogP contribution is -2.42. The average molecular weight is 248 g/mol. The molecule has 2 aliphatic rings. The molecule has 1 aromatic heterocycles. The maximum atomic E-state index is 12.6. The number of hydrogen-bond acceptors (Lipinski definition) is 3. The Kier molecular flexibility index (Phi) is 3.07. The first-order chi connectivity index (χ1) is 8.77. The number of likely N-dealkylation sites (tertiary alicyclic amines) is 1. The third-order valence-corrected chi connectivity index (χ3v) is 4.07. The Morgan fingerprint density at radius 2 is 2.33 bits per heavy atom. The molecule has 0 aliphatic carbocycles. The van der Waals surface area contributed by atoms with E-state index < -0.39 is 0 Å². The summed E-state index contributed by atoms with van der Waals surface area (Å²) in [4.78, 5) is 14.5. The SMILES string of the molecule is CC1CCCCN1C(=O)c1n[nH]c2c1CNCC2. The van der Waals surface area contributed by atoms with E-state index in [2.05, 4.69) is 22.4 Å². The van der Waals surface area contributed by atoms with Crippen LogP contribution in [0, 0.1) is 0 Å². The maximum absolute atomic E-state index is 12.6. The zero-order chi connectivity index (χ0) is 12.5. The minimum Gasteiger partial charge on any atom is -0.335 e. The normalized spacial score (nSPS) is 23.8. The summed E-state index contributed by atoms with van der Waals surface area (Å²) in [6.45, 7) is 4.72. The van der Waals surface area contributed by atoms with Gasteiger partial charge in [0, 0.05) is 43.4 Å². The first kappa shape index (κ1) is 11.7. The lowest BCUT2D eigenvalue weighted by atomic mass is 10.0. The number of carbonyl (C=O) groups excluding carboxylic acids is 1. The minimum absolute atomic E-state index is 0.100. The van der Waals surface area contributed by atoms with Crippen LogP contribution in [-0.2, 0) is 13.0 Å². The van der Waals surface area contributed by atoms with Crippen molar-refractivity contribution in [3.8, 4) is 0 Å². The van der Waals surface area contributed by atoms with Crippen LogP contribution < -0.4 is 5.32 Å². The van der Waals surface area contributed by atoms with Gasteiger partial charge in [0.15, 0.2) is 5.69 Å². The van der Waals surface area contributed by atoms with E-state index in [4.69, 9.17) is 0 Å². The van der Waals surface area contributed by atoms with Crippen LogP contribution in [0.4, 0.5) is 0 Å². The molecule has 0 saturated carbocycles. The first-order valence-corrected chi connectivity index (χ1v) is 6.85. The van der Waals surface area contributed by atoms with Crippen LogP contribution in [0.1, 0.15) is 47.9 Å². The number of aromatic amines is 1. The van der Waals surface area contributed by atoms with Gasteiger partial charge in [0.25, 0.3) is 5.91 Å². The number of aromatic nitrogens is 2. The van der Waals surface area contributed by atoms with Gasteiger partial charge in [0.05, 0.1) is 0 Å². The van der Waals surface area contributed by atoms with Crippen molar-refractivity contribution < 1.29 is 4.79 Å². The summed E-state index contributed by atoms with van der Waals surface area (Å²) >= 11 is 0. The smallest absolute Gasteiger partial charge is 0.274 e. The number of amides is 1. The van der Waals surface area contributed by atoms with Gasteiger partial charge in [0.1, 0.15) is 0 Å². The molecular weight excluding hydrogens is 228 g/mol. The molecule has 1 unspecified atom stereocenters.